The van der Waals surface area contributed by atoms with E-state index in [1.807, 2.05) is 19.3 Å². The van der Waals surface area contributed by atoms with Gasteiger partial charge in [0.25, 0.3) is 0 Å². The molecule has 0 atom stereocenters. The Balaban J connectivity index is 1.56. The summed E-state index contributed by atoms with van der Waals surface area (Å²) in [4.78, 5) is 6.98. The van der Waals surface area contributed by atoms with Crippen molar-refractivity contribution in [3.05, 3.63) is 42.1 Å². The Morgan fingerprint density at radius 3 is 2.90 bits per heavy atom. The molecule has 0 bridgehead atoms. The molecular formula is C18H25N3. The Hall–Kier alpha value is -1.45. The third kappa shape index (κ3) is 3.80. The molecule has 1 aromatic heterocycles. The van der Waals surface area contributed by atoms with Crippen molar-refractivity contribution in [2.24, 2.45) is 5.92 Å². The van der Waals surface area contributed by atoms with Crippen LogP contribution in [0.4, 0.5) is 0 Å². The van der Waals surface area contributed by atoms with E-state index in [0.717, 1.165) is 24.5 Å². The SMILES string of the molecule is CNCCC1CCN(Cc2ccc3ncccc3c2)CC1. The van der Waals surface area contributed by atoms with Gasteiger partial charge in [-0.25, -0.2) is 0 Å². The molecule has 0 spiro atoms. The highest BCUT2D eigenvalue weighted by atomic mass is 15.1. The average Bonchev–Trinajstić information content (AvgIpc) is 2.54. The molecule has 1 N–H and O–H groups in total. The Kier molecular flexibility index (Phi) is 4.84. The lowest BCUT2D eigenvalue weighted by molar-refractivity contribution is 0.172. The molecule has 3 nitrogen and oxygen atoms in total. The van der Waals surface area contributed by atoms with Gasteiger partial charge in [-0.2, -0.15) is 0 Å². The predicted octanol–water partition coefficient (Wildman–Crippen LogP) is 3.06. The lowest BCUT2D eigenvalue weighted by atomic mass is 9.93. The largest absolute Gasteiger partial charge is 0.320 e. The molecule has 2 aromatic rings. The van der Waals surface area contributed by atoms with Crippen LogP contribution in [0, 0.1) is 5.92 Å². The number of hydrogen-bond donors (Lipinski definition) is 1. The first-order valence-electron chi connectivity index (χ1n) is 8.06. The number of rotatable bonds is 5. The molecule has 1 aliphatic heterocycles. The molecule has 3 heteroatoms. The molecule has 1 fully saturated rings. The van der Waals surface area contributed by atoms with Gasteiger partial charge >= 0.3 is 0 Å². The van der Waals surface area contributed by atoms with E-state index in [-0.39, 0.29) is 0 Å². The number of hydrogen-bond acceptors (Lipinski definition) is 3. The van der Waals surface area contributed by atoms with Crippen LogP contribution in [-0.2, 0) is 6.54 Å². The zero-order chi connectivity index (χ0) is 14.5. The Labute approximate surface area is 127 Å². The summed E-state index contributed by atoms with van der Waals surface area (Å²) < 4.78 is 0. The smallest absolute Gasteiger partial charge is 0.0702 e. The number of piperidine rings is 1. The lowest BCUT2D eigenvalue weighted by Crippen LogP contribution is -2.34. The molecule has 1 aliphatic rings. The Morgan fingerprint density at radius 1 is 1.24 bits per heavy atom. The first-order valence-corrected chi connectivity index (χ1v) is 8.06. The zero-order valence-corrected chi connectivity index (χ0v) is 12.9. The van der Waals surface area contributed by atoms with E-state index in [4.69, 9.17) is 0 Å². The summed E-state index contributed by atoms with van der Waals surface area (Å²) in [7, 11) is 2.05. The highest BCUT2D eigenvalue weighted by molar-refractivity contribution is 5.78. The summed E-state index contributed by atoms with van der Waals surface area (Å²) in [5.74, 6) is 0.912. The molecule has 1 aromatic carbocycles. The standard InChI is InChI=1S/C18H25N3/c1-19-10-6-15-7-11-21(12-8-15)14-16-4-5-18-17(13-16)3-2-9-20-18/h2-5,9,13,15,19H,6-8,10-12,14H2,1H3. The second-order valence-electron chi connectivity index (χ2n) is 6.14. The summed E-state index contributed by atoms with van der Waals surface area (Å²) in [6.07, 6.45) is 5.87. The molecule has 0 radical (unpaired) electrons. The number of nitrogens with zero attached hydrogens (tertiary/aromatic N) is 2. The van der Waals surface area contributed by atoms with Gasteiger partial charge in [0.2, 0.25) is 0 Å². The number of benzene rings is 1. The highest BCUT2D eigenvalue weighted by Gasteiger charge is 2.18. The third-order valence-electron chi connectivity index (χ3n) is 4.58. The fourth-order valence-corrected chi connectivity index (χ4v) is 3.26. The molecule has 1 saturated heterocycles. The monoisotopic (exact) mass is 283 g/mol. The van der Waals surface area contributed by atoms with Crippen LogP contribution in [0.25, 0.3) is 10.9 Å². The van der Waals surface area contributed by atoms with Crippen molar-refractivity contribution in [1.29, 1.82) is 0 Å². The van der Waals surface area contributed by atoms with Crippen LogP contribution in [0.2, 0.25) is 0 Å². The Morgan fingerprint density at radius 2 is 2.10 bits per heavy atom. The topological polar surface area (TPSA) is 28.2 Å². The van der Waals surface area contributed by atoms with Gasteiger partial charge in [0, 0.05) is 18.1 Å². The summed E-state index contributed by atoms with van der Waals surface area (Å²) >= 11 is 0. The Bertz CT molecular complexity index is 573. The minimum Gasteiger partial charge on any atom is -0.320 e. The van der Waals surface area contributed by atoms with E-state index in [1.54, 1.807) is 0 Å². The maximum absolute atomic E-state index is 4.39. The van der Waals surface area contributed by atoms with Gasteiger partial charge in [0.15, 0.2) is 0 Å². The number of likely N-dealkylation sites (tertiary alicyclic amines) is 1. The van der Waals surface area contributed by atoms with Crippen LogP contribution in [0.3, 0.4) is 0 Å². The van der Waals surface area contributed by atoms with Gasteiger partial charge in [0.05, 0.1) is 5.52 Å². The number of pyridine rings is 1. The summed E-state index contributed by atoms with van der Waals surface area (Å²) in [5, 5.41) is 4.51. The van der Waals surface area contributed by atoms with Crippen molar-refractivity contribution in [1.82, 2.24) is 15.2 Å². The van der Waals surface area contributed by atoms with Crippen molar-refractivity contribution in [2.75, 3.05) is 26.7 Å². The van der Waals surface area contributed by atoms with Crippen molar-refractivity contribution < 1.29 is 0 Å². The number of fused-ring (bicyclic) bond motifs is 1. The van der Waals surface area contributed by atoms with Crippen LogP contribution in [0.1, 0.15) is 24.8 Å². The van der Waals surface area contributed by atoms with Crippen molar-refractivity contribution >= 4 is 10.9 Å². The van der Waals surface area contributed by atoms with Gasteiger partial charge in [-0.15, -0.1) is 0 Å². The van der Waals surface area contributed by atoms with Gasteiger partial charge in [0.1, 0.15) is 0 Å². The van der Waals surface area contributed by atoms with Crippen molar-refractivity contribution in [2.45, 2.75) is 25.8 Å². The van der Waals surface area contributed by atoms with Crippen LogP contribution in [0.15, 0.2) is 36.5 Å². The molecule has 0 amide bonds. The molecular weight excluding hydrogens is 258 g/mol. The fraction of sp³-hybridized carbons (Fsp3) is 0.500. The first kappa shape index (κ1) is 14.5. The molecule has 0 aliphatic carbocycles. The summed E-state index contributed by atoms with van der Waals surface area (Å²) in [6.45, 7) is 4.70. The third-order valence-corrected chi connectivity index (χ3v) is 4.58. The molecule has 21 heavy (non-hydrogen) atoms. The van der Waals surface area contributed by atoms with Crippen molar-refractivity contribution in [3.8, 4) is 0 Å². The van der Waals surface area contributed by atoms with Gasteiger partial charge in [-0.05, 0) is 75.6 Å². The predicted molar refractivity (Wildman–Crippen MR) is 88.3 cm³/mol. The molecule has 0 saturated carbocycles. The minimum atomic E-state index is 0.912. The van der Waals surface area contributed by atoms with Crippen LogP contribution in [-0.4, -0.2) is 36.6 Å². The average molecular weight is 283 g/mol. The first-order chi connectivity index (χ1) is 10.3. The molecule has 112 valence electrons. The van der Waals surface area contributed by atoms with E-state index in [1.165, 1.54) is 43.3 Å². The lowest BCUT2D eigenvalue weighted by Gasteiger charge is -2.32. The van der Waals surface area contributed by atoms with E-state index in [0.29, 0.717) is 0 Å². The van der Waals surface area contributed by atoms with E-state index in [9.17, 15) is 0 Å². The highest BCUT2D eigenvalue weighted by Crippen LogP contribution is 2.22. The maximum Gasteiger partial charge on any atom is 0.0702 e. The van der Waals surface area contributed by atoms with Crippen LogP contribution >= 0.6 is 0 Å². The fourth-order valence-electron chi connectivity index (χ4n) is 3.26. The second kappa shape index (κ2) is 7.01. The van der Waals surface area contributed by atoms with Gasteiger partial charge in [-0.1, -0.05) is 12.1 Å². The minimum absolute atomic E-state index is 0.912. The number of aromatic nitrogens is 1. The van der Waals surface area contributed by atoms with E-state index < -0.39 is 0 Å². The molecule has 2 heterocycles. The van der Waals surface area contributed by atoms with Gasteiger partial charge in [-0.3, -0.25) is 9.88 Å². The van der Waals surface area contributed by atoms with Crippen molar-refractivity contribution in [3.63, 3.8) is 0 Å². The van der Waals surface area contributed by atoms with E-state index in [2.05, 4.69) is 39.5 Å². The molecule has 3 rings (SSSR count). The summed E-state index contributed by atoms with van der Waals surface area (Å²) in [6, 6.07) is 10.8. The number of nitrogens with one attached hydrogen (secondary N) is 1. The zero-order valence-electron chi connectivity index (χ0n) is 12.9. The van der Waals surface area contributed by atoms with Crippen LogP contribution in [0.5, 0.6) is 0 Å². The van der Waals surface area contributed by atoms with Gasteiger partial charge < -0.3 is 5.32 Å². The summed E-state index contributed by atoms with van der Waals surface area (Å²) in [5.41, 5.74) is 2.50. The molecule has 0 unspecified atom stereocenters. The quantitative estimate of drug-likeness (QED) is 0.914. The normalized spacial score (nSPS) is 17.4. The van der Waals surface area contributed by atoms with E-state index >= 15 is 0 Å². The maximum atomic E-state index is 4.39. The second-order valence-corrected chi connectivity index (χ2v) is 6.14. The van der Waals surface area contributed by atoms with Crippen LogP contribution < -0.4 is 5.32 Å².